The number of nitrogen functional groups attached to an aromatic ring is 1. The molecule has 0 fully saturated rings. The van der Waals surface area contributed by atoms with Gasteiger partial charge in [-0.05, 0) is 47.4 Å². The molecule has 1 aromatic heterocycles. The van der Waals surface area contributed by atoms with E-state index in [0.29, 0.717) is 23.8 Å². The van der Waals surface area contributed by atoms with E-state index in [2.05, 4.69) is 55.4 Å². The van der Waals surface area contributed by atoms with Crippen molar-refractivity contribution in [3.8, 4) is 5.88 Å². The number of carbonyl (C=O) groups is 2. The Labute approximate surface area is 194 Å². The van der Waals surface area contributed by atoms with E-state index in [0.717, 1.165) is 5.56 Å². The molecule has 0 aliphatic rings. The van der Waals surface area contributed by atoms with Crippen LogP contribution in [-0.2, 0) is 16.1 Å². The number of hydrogen-bond acceptors (Lipinski definition) is 7. The lowest BCUT2D eigenvalue weighted by atomic mass is 10.2. The zero-order valence-electron chi connectivity index (χ0n) is 19.6. The van der Waals surface area contributed by atoms with Gasteiger partial charge in [0.1, 0.15) is 0 Å². The summed E-state index contributed by atoms with van der Waals surface area (Å²) in [6, 6.07) is 7.47. The van der Waals surface area contributed by atoms with Crippen molar-refractivity contribution >= 4 is 42.8 Å². The Morgan fingerprint density at radius 1 is 1.25 bits per heavy atom. The number of hydrogen-bond donors (Lipinski definition) is 2. The van der Waals surface area contributed by atoms with E-state index < -0.39 is 14.2 Å². The summed E-state index contributed by atoms with van der Waals surface area (Å²) in [5.74, 6) is -0.221. The van der Waals surface area contributed by atoms with Gasteiger partial charge in [0.2, 0.25) is 17.2 Å². The molecule has 1 aromatic carbocycles. The molecule has 32 heavy (non-hydrogen) atoms. The molecule has 0 saturated carbocycles. The van der Waals surface area contributed by atoms with Gasteiger partial charge < -0.3 is 20.5 Å². The van der Waals surface area contributed by atoms with Crippen molar-refractivity contribution in [3.63, 3.8) is 0 Å². The zero-order valence-corrected chi connectivity index (χ0v) is 21.4. The van der Waals surface area contributed by atoms with Crippen molar-refractivity contribution in [2.24, 2.45) is 10.7 Å². The topological polar surface area (TPSA) is 143 Å². The molecular formula is C21H32ClN5O4Si. The first kappa shape index (κ1) is 29.1. The summed E-state index contributed by atoms with van der Waals surface area (Å²) in [7, 11) is -0.727. The van der Waals surface area contributed by atoms with Crippen LogP contribution >= 0.6 is 11.6 Å². The van der Waals surface area contributed by atoms with Gasteiger partial charge in [-0.1, -0.05) is 32.9 Å². The van der Waals surface area contributed by atoms with Gasteiger partial charge in [-0.2, -0.15) is 0 Å². The summed E-state index contributed by atoms with van der Waals surface area (Å²) >= 11 is 4.64. The van der Waals surface area contributed by atoms with Gasteiger partial charge in [0.25, 0.3) is 14.2 Å². The molecule has 4 N–H and O–H groups in total. The molecule has 0 radical (unpaired) electrons. The van der Waals surface area contributed by atoms with Crippen LogP contribution in [0.15, 0.2) is 35.6 Å². The normalized spacial score (nSPS) is 10.5. The van der Waals surface area contributed by atoms with Crippen LogP contribution in [0, 0.1) is 0 Å². The Kier molecular flexibility index (Phi) is 11.6. The SMILES string of the molecule is CC(=O)Cl.CC(C)(C)[Si](C)(C)Oc1ncn(Cc2ccc(N)cc2)c1C(N)=O.CN=C=O. The second-order valence-corrected chi connectivity index (χ2v) is 13.5. The molecule has 1 heterocycles. The first-order valence-corrected chi connectivity index (χ1v) is 12.9. The summed E-state index contributed by atoms with van der Waals surface area (Å²) in [4.78, 5) is 37.3. The molecule has 9 nitrogen and oxygen atoms in total. The van der Waals surface area contributed by atoms with Crippen LogP contribution in [0.25, 0.3) is 0 Å². The molecule has 2 aromatic rings. The molecule has 0 unspecified atom stereocenters. The Morgan fingerprint density at radius 2 is 1.72 bits per heavy atom. The summed E-state index contributed by atoms with van der Waals surface area (Å²) in [6.07, 6.45) is 2.90. The van der Waals surface area contributed by atoms with Gasteiger partial charge in [0, 0.05) is 26.2 Å². The second-order valence-electron chi connectivity index (χ2n) is 8.28. The summed E-state index contributed by atoms with van der Waals surface area (Å²) in [5.41, 5.74) is 13.3. The summed E-state index contributed by atoms with van der Waals surface area (Å²) < 4.78 is 7.90. The van der Waals surface area contributed by atoms with Crippen LogP contribution < -0.4 is 15.9 Å². The number of carbonyl (C=O) groups excluding carboxylic acids is 3. The number of nitrogens with two attached hydrogens (primary N) is 2. The standard InChI is InChI=1S/C17H26N4O2Si.C2H3ClO.C2H3NO/c1-17(2,3)24(4,5)23-16-14(15(19)22)21(11-20-16)10-12-6-8-13(18)9-7-12;1-2(3)4;1-3-2-4/h6-9,11H,10,18H2,1-5H3,(H2,19,22);2*1H3. The number of anilines is 1. The lowest BCUT2D eigenvalue weighted by molar-refractivity contribution is -0.109. The minimum atomic E-state index is -2.11. The average Bonchev–Trinajstić information content (AvgIpc) is 3.04. The van der Waals surface area contributed by atoms with E-state index in [-0.39, 0.29) is 10.3 Å². The number of imidazole rings is 1. The number of nitrogens with zero attached hydrogens (tertiary/aromatic N) is 3. The summed E-state index contributed by atoms with van der Waals surface area (Å²) in [6.45, 7) is 12.4. The largest absolute Gasteiger partial charge is 0.529 e. The average molecular weight is 482 g/mol. The minimum Gasteiger partial charge on any atom is -0.529 e. The predicted octanol–water partition coefficient (Wildman–Crippen LogP) is 3.72. The predicted molar refractivity (Wildman–Crippen MR) is 129 cm³/mol. The molecule has 0 spiro atoms. The second kappa shape index (κ2) is 12.8. The van der Waals surface area contributed by atoms with E-state index in [1.165, 1.54) is 20.1 Å². The fourth-order valence-corrected chi connectivity index (χ4v) is 2.96. The van der Waals surface area contributed by atoms with Gasteiger partial charge >= 0.3 is 0 Å². The van der Waals surface area contributed by atoms with Gasteiger partial charge in [-0.25, -0.2) is 14.8 Å². The van der Waals surface area contributed by atoms with Crippen molar-refractivity contribution in [2.75, 3.05) is 12.8 Å². The van der Waals surface area contributed by atoms with Crippen LogP contribution in [0.2, 0.25) is 18.1 Å². The maximum atomic E-state index is 12.0. The number of halogens is 1. The third-order valence-corrected chi connectivity index (χ3v) is 8.94. The Morgan fingerprint density at radius 3 is 2.09 bits per heavy atom. The maximum absolute atomic E-state index is 12.0. The number of rotatable bonds is 5. The highest BCUT2D eigenvalue weighted by Crippen LogP contribution is 2.37. The van der Waals surface area contributed by atoms with Crippen LogP contribution in [0.3, 0.4) is 0 Å². The van der Waals surface area contributed by atoms with Crippen LogP contribution in [0.5, 0.6) is 5.88 Å². The number of aromatic nitrogens is 2. The Bertz CT molecular complexity index is 942. The molecule has 0 bridgehead atoms. The lowest BCUT2D eigenvalue weighted by Gasteiger charge is -2.35. The van der Waals surface area contributed by atoms with Crippen molar-refractivity contribution in [3.05, 3.63) is 41.9 Å². The Balaban J connectivity index is 0.00000104. The number of benzene rings is 1. The van der Waals surface area contributed by atoms with E-state index in [1.54, 1.807) is 10.9 Å². The summed E-state index contributed by atoms with van der Waals surface area (Å²) in [5, 5.41) is -0.358. The molecule has 0 aliphatic heterocycles. The number of aliphatic imine (C=N–C) groups is 1. The van der Waals surface area contributed by atoms with E-state index in [1.807, 2.05) is 24.3 Å². The highest BCUT2D eigenvalue weighted by molar-refractivity contribution is 6.74. The first-order valence-electron chi connectivity index (χ1n) is 9.66. The number of primary amides is 1. The van der Waals surface area contributed by atoms with Crippen molar-refractivity contribution < 1.29 is 18.8 Å². The third kappa shape index (κ3) is 9.91. The van der Waals surface area contributed by atoms with E-state index in [4.69, 9.17) is 20.7 Å². The Hall–Kier alpha value is -2.94. The molecule has 2 rings (SSSR count). The number of amides is 1. The molecule has 1 amide bonds. The molecule has 0 aliphatic carbocycles. The lowest BCUT2D eigenvalue weighted by Crippen LogP contribution is -2.44. The highest BCUT2D eigenvalue weighted by Gasteiger charge is 2.40. The van der Waals surface area contributed by atoms with Gasteiger partial charge in [-0.3, -0.25) is 9.59 Å². The van der Waals surface area contributed by atoms with Gasteiger partial charge in [0.05, 0.1) is 6.33 Å². The minimum absolute atomic E-state index is 0.00263. The smallest absolute Gasteiger partial charge is 0.270 e. The fraction of sp³-hybridized carbons (Fsp3) is 0.429. The monoisotopic (exact) mass is 481 g/mol. The molecule has 0 atom stereocenters. The highest BCUT2D eigenvalue weighted by atomic mass is 35.5. The van der Waals surface area contributed by atoms with Gasteiger partial charge in [-0.15, -0.1) is 0 Å². The van der Waals surface area contributed by atoms with Crippen LogP contribution in [-0.4, -0.2) is 42.1 Å². The van der Waals surface area contributed by atoms with Crippen molar-refractivity contribution in [1.29, 1.82) is 0 Å². The molecular weight excluding hydrogens is 450 g/mol. The van der Waals surface area contributed by atoms with Gasteiger partial charge in [0.15, 0.2) is 5.69 Å². The van der Waals surface area contributed by atoms with Crippen LogP contribution in [0.1, 0.15) is 43.7 Å². The third-order valence-electron chi connectivity index (χ3n) is 4.62. The maximum Gasteiger partial charge on any atom is 0.270 e. The van der Waals surface area contributed by atoms with Crippen molar-refractivity contribution in [2.45, 2.75) is 52.4 Å². The zero-order chi connectivity index (χ0) is 25.1. The molecule has 176 valence electrons. The number of isocyanates is 1. The van der Waals surface area contributed by atoms with Crippen LogP contribution in [0.4, 0.5) is 5.69 Å². The molecule has 0 saturated heterocycles. The quantitative estimate of drug-likeness (QED) is 0.219. The van der Waals surface area contributed by atoms with E-state index >= 15 is 0 Å². The van der Waals surface area contributed by atoms with Crippen molar-refractivity contribution in [1.82, 2.24) is 9.55 Å². The molecule has 11 heteroatoms. The fourth-order valence-electron chi connectivity index (χ4n) is 2.02. The van der Waals surface area contributed by atoms with E-state index in [9.17, 15) is 9.59 Å². The first-order chi connectivity index (χ1) is 14.7.